The molecule has 0 fully saturated rings. The van der Waals surface area contributed by atoms with E-state index in [1.165, 1.54) is 19.3 Å². The van der Waals surface area contributed by atoms with Gasteiger partial charge in [-0.25, -0.2) is 4.99 Å². The van der Waals surface area contributed by atoms with Gasteiger partial charge in [-0.15, -0.1) is 34.2 Å². The second-order valence-corrected chi connectivity index (χ2v) is 5.95. The molecule has 1 aliphatic rings. The number of hydrogen-bond acceptors (Lipinski definition) is 3. The Hall–Kier alpha value is -0.860. The fraction of sp³-hybridized carbons (Fsp3) is 0.800. The molecule has 0 radical (unpaired) electrons. The molecule has 0 spiro atoms. The summed E-state index contributed by atoms with van der Waals surface area (Å²) in [6.07, 6.45) is 4.63. The van der Waals surface area contributed by atoms with Crippen LogP contribution in [0.5, 0.6) is 0 Å². The molecule has 7 heteroatoms. The van der Waals surface area contributed by atoms with E-state index in [-0.39, 0.29) is 24.0 Å². The van der Waals surface area contributed by atoms with E-state index < -0.39 is 0 Å². The van der Waals surface area contributed by atoms with Crippen molar-refractivity contribution in [3.63, 3.8) is 0 Å². The van der Waals surface area contributed by atoms with Gasteiger partial charge in [-0.1, -0.05) is 13.8 Å². The summed E-state index contributed by atoms with van der Waals surface area (Å²) in [6.45, 7) is 10.0. The van der Waals surface area contributed by atoms with Crippen molar-refractivity contribution >= 4 is 29.9 Å². The molecule has 0 aliphatic carbocycles. The van der Waals surface area contributed by atoms with Crippen LogP contribution >= 0.6 is 24.0 Å². The van der Waals surface area contributed by atoms with Gasteiger partial charge in [0.2, 0.25) is 0 Å². The first-order chi connectivity index (χ1) is 10.2. The zero-order valence-electron chi connectivity index (χ0n) is 13.9. The maximum absolute atomic E-state index is 4.62. The number of fused-ring (bicyclic) bond motifs is 1. The van der Waals surface area contributed by atoms with Crippen LogP contribution < -0.4 is 10.6 Å². The molecule has 22 heavy (non-hydrogen) atoms. The molecular weight excluding hydrogens is 391 g/mol. The van der Waals surface area contributed by atoms with E-state index in [9.17, 15) is 0 Å². The van der Waals surface area contributed by atoms with Crippen molar-refractivity contribution < 1.29 is 0 Å². The highest BCUT2D eigenvalue weighted by Gasteiger charge is 2.16. The van der Waals surface area contributed by atoms with Gasteiger partial charge in [-0.3, -0.25) is 0 Å². The van der Waals surface area contributed by atoms with Crippen molar-refractivity contribution in [2.75, 3.05) is 13.1 Å². The zero-order valence-corrected chi connectivity index (χ0v) is 16.3. The lowest BCUT2D eigenvalue weighted by molar-refractivity contribution is 0.549. The summed E-state index contributed by atoms with van der Waals surface area (Å²) in [7, 11) is 0. The van der Waals surface area contributed by atoms with Gasteiger partial charge in [-0.2, -0.15) is 0 Å². The maximum atomic E-state index is 4.62. The predicted octanol–water partition coefficient (Wildman–Crippen LogP) is 2.33. The fourth-order valence-electron chi connectivity index (χ4n) is 2.54. The third-order valence-corrected chi connectivity index (χ3v) is 3.66. The van der Waals surface area contributed by atoms with Crippen LogP contribution in [0, 0.1) is 5.92 Å². The highest BCUT2D eigenvalue weighted by atomic mass is 127. The summed E-state index contributed by atoms with van der Waals surface area (Å²) >= 11 is 0. The number of hydrogen-bond donors (Lipinski definition) is 2. The Bertz CT molecular complexity index is 469. The first-order valence-corrected chi connectivity index (χ1v) is 8.13. The summed E-state index contributed by atoms with van der Waals surface area (Å²) in [5, 5.41) is 15.1. The largest absolute Gasteiger partial charge is 0.357 e. The van der Waals surface area contributed by atoms with Crippen LogP contribution in [0.2, 0.25) is 0 Å². The highest BCUT2D eigenvalue weighted by molar-refractivity contribution is 14.0. The molecule has 0 amide bonds. The van der Waals surface area contributed by atoms with Gasteiger partial charge in [0.05, 0.1) is 0 Å². The number of nitrogens with zero attached hydrogens (tertiary/aromatic N) is 4. The second kappa shape index (κ2) is 10.0. The summed E-state index contributed by atoms with van der Waals surface area (Å²) in [4.78, 5) is 4.62. The fourth-order valence-corrected chi connectivity index (χ4v) is 2.54. The van der Waals surface area contributed by atoms with E-state index in [0.717, 1.165) is 49.6 Å². The molecule has 0 unspecified atom stereocenters. The Morgan fingerprint density at radius 3 is 2.86 bits per heavy atom. The van der Waals surface area contributed by atoms with Gasteiger partial charge in [0.15, 0.2) is 11.8 Å². The molecule has 6 nitrogen and oxygen atoms in total. The molecule has 2 N–H and O–H groups in total. The van der Waals surface area contributed by atoms with Crippen LogP contribution in [0.4, 0.5) is 0 Å². The van der Waals surface area contributed by atoms with Crippen molar-refractivity contribution in [1.82, 2.24) is 25.4 Å². The molecule has 1 aromatic heterocycles. The van der Waals surface area contributed by atoms with E-state index in [2.05, 4.69) is 51.2 Å². The molecule has 0 atom stereocenters. The Morgan fingerprint density at radius 1 is 1.32 bits per heavy atom. The number of halogens is 1. The number of guanidine groups is 1. The van der Waals surface area contributed by atoms with E-state index in [1.54, 1.807) is 0 Å². The van der Waals surface area contributed by atoms with Gasteiger partial charge < -0.3 is 15.2 Å². The molecule has 2 rings (SSSR count). The topological polar surface area (TPSA) is 67.1 Å². The molecule has 0 aromatic carbocycles. The minimum Gasteiger partial charge on any atom is -0.357 e. The number of aryl methyl sites for hydroxylation is 1. The van der Waals surface area contributed by atoms with Crippen LogP contribution in [-0.4, -0.2) is 33.8 Å². The van der Waals surface area contributed by atoms with E-state index in [4.69, 9.17) is 0 Å². The molecular formula is C15H29IN6. The van der Waals surface area contributed by atoms with Crippen molar-refractivity contribution in [2.45, 2.75) is 59.5 Å². The lowest BCUT2D eigenvalue weighted by Crippen LogP contribution is -2.37. The monoisotopic (exact) mass is 420 g/mol. The average Bonchev–Trinajstić information content (AvgIpc) is 3.04. The van der Waals surface area contributed by atoms with Crippen molar-refractivity contribution in [3.05, 3.63) is 11.6 Å². The smallest absolute Gasteiger partial charge is 0.191 e. The molecule has 0 saturated carbocycles. The number of aromatic nitrogens is 3. The highest BCUT2D eigenvalue weighted by Crippen LogP contribution is 2.14. The van der Waals surface area contributed by atoms with E-state index >= 15 is 0 Å². The van der Waals surface area contributed by atoms with Crippen molar-refractivity contribution in [2.24, 2.45) is 10.9 Å². The zero-order chi connectivity index (χ0) is 15.1. The lowest BCUT2D eigenvalue weighted by atomic mass is 10.1. The van der Waals surface area contributed by atoms with Gasteiger partial charge in [0.25, 0.3) is 0 Å². The maximum Gasteiger partial charge on any atom is 0.191 e. The number of nitrogens with one attached hydrogen (secondary N) is 2. The molecule has 1 aliphatic heterocycles. The molecule has 0 bridgehead atoms. The molecule has 0 saturated heterocycles. The SMILES string of the molecule is CCNC(=NCc1nnc2n1CCC2)NCCCC(C)C.I. The van der Waals surface area contributed by atoms with E-state index in [0.29, 0.717) is 6.54 Å². The van der Waals surface area contributed by atoms with Crippen LogP contribution in [-0.2, 0) is 19.5 Å². The minimum atomic E-state index is 0. The predicted molar refractivity (Wildman–Crippen MR) is 101 cm³/mol. The Kier molecular flexibility index (Phi) is 8.74. The Morgan fingerprint density at radius 2 is 2.14 bits per heavy atom. The quantitative estimate of drug-likeness (QED) is 0.308. The molecule has 126 valence electrons. The van der Waals surface area contributed by atoms with Gasteiger partial charge in [-0.05, 0) is 32.1 Å². The normalized spacial score (nSPS) is 13.9. The first-order valence-electron chi connectivity index (χ1n) is 8.13. The Balaban J connectivity index is 0.00000242. The standard InChI is InChI=1S/C15H28N6.HI/c1-4-16-15(17-9-5-7-12(2)3)18-11-14-20-19-13-8-6-10-21(13)14;/h12H,4-11H2,1-3H3,(H2,16,17,18);1H. The van der Waals surface area contributed by atoms with Crippen LogP contribution in [0.15, 0.2) is 4.99 Å². The number of rotatable bonds is 7. The van der Waals surface area contributed by atoms with Gasteiger partial charge in [0.1, 0.15) is 12.4 Å². The first kappa shape index (κ1) is 19.2. The minimum absolute atomic E-state index is 0. The lowest BCUT2D eigenvalue weighted by Gasteiger charge is -2.12. The molecule has 1 aromatic rings. The van der Waals surface area contributed by atoms with Crippen LogP contribution in [0.25, 0.3) is 0 Å². The molecule has 2 heterocycles. The average molecular weight is 420 g/mol. The van der Waals surface area contributed by atoms with Gasteiger partial charge in [0, 0.05) is 26.1 Å². The second-order valence-electron chi connectivity index (χ2n) is 5.95. The van der Waals surface area contributed by atoms with E-state index in [1.807, 2.05) is 0 Å². The Labute approximate surface area is 150 Å². The summed E-state index contributed by atoms with van der Waals surface area (Å²) in [6, 6.07) is 0. The van der Waals surface area contributed by atoms with Crippen LogP contribution in [0.3, 0.4) is 0 Å². The third-order valence-electron chi connectivity index (χ3n) is 3.66. The van der Waals surface area contributed by atoms with Crippen LogP contribution in [0.1, 0.15) is 51.7 Å². The summed E-state index contributed by atoms with van der Waals surface area (Å²) < 4.78 is 2.20. The third kappa shape index (κ3) is 5.73. The summed E-state index contributed by atoms with van der Waals surface area (Å²) in [5.41, 5.74) is 0. The van der Waals surface area contributed by atoms with Gasteiger partial charge >= 0.3 is 0 Å². The van der Waals surface area contributed by atoms with Crippen molar-refractivity contribution in [1.29, 1.82) is 0 Å². The van der Waals surface area contributed by atoms with Crippen molar-refractivity contribution in [3.8, 4) is 0 Å². The summed E-state index contributed by atoms with van der Waals surface area (Å²) in [5.74, 6) is 3.71. The number of aliphatic imine (C=N–C) groups is 1.